The smallest absolute Gasteiger partial charge is 0.242 e. The number of amides is 1. The van der Waals surface area contributed by atoms with Gasteiger partial charge in [0.15, 0.2) is 0 Å². The van der Waals surface area contributed by atoms with Crippen LogP contribution in [0.3, 0.4) is 0 Å². The Morgan fingerprint density at radius 3 is 2.55 bits per heavy atom. The molecule has 4 rings (SSSR count). The lowest BCUT2D eigenvalue weighted by Crippen LogP contribution is -2.47. The quantitative estimate of drug-likeness (QED) is 0.636. The van der Waals surface area contributed by atoms with E-state index in [4.69, 9.17) is 0 Å². The van der Waals surface area contributed by atoms with Gasteiger partial charge in [0.25, 0.3) is 0 Å². The molecule has 3 heterocycles. The molecule has 2 unspecified atom stereocenters. The molecule has 0 spiro atoms. The highest BCUT2D eigenvalue weighted by Gasteiger charge is 2.31. The minimum absolute atomic E-state index is 0.0269. The number of hydrogen-bond acceptors (Lipinski definition) is 6. The number of para-hydroxylation sites is 2. The lowest BCUT2D eigenvalue weighted by molar-refractivity contribution is -0.117. The fourth-order valence-corrected chi connectivity index (χ4v) is 4.31. The van der Waals surface area contributed by atoms with Gasteiger partial charge in [0.1, 0.15) is 6.04 Å². The lowest BCUT2D eigenvalue weighted by Gasteiger charge is -2.37. The fourth-order valence-electron chi connectivity index (χ4n) is 4.31. The average Bonchev–Trinajstić information content (AvgIpc) is 3.30. The molecule has 31 heavy (non-hydrogen) atoms. The van der Waals surface area contributed by atoms with Crippen LogP contribution >= 0.6 is 0 Å². The maximum absolute atomic E-state index is 12.8. The van der Waals surface area contributed by atoms with Crippen LogP contribution < -0.4 is 21.1 Å². The highest BCUT2D eigenvalue weighted by molar-refractivity contribution is 5.97. The number of hydrazine groups is 1. The lowest BCUT2D eigenvalue weighted by atomic mass is 9.99. The molecule has 7 heteroatoms. The molecule has 1 aromatic heterocycles. The Kier molecular flexibility index (Phi) is 7.17. The summed E-state index contributed by atoms with van der Waals surface area (Å²) in [6.07, 6.45) is 5.58. The summed E-state index contributed by atoms with van der Waals surface area (Å²) >= 11 is 0. The van der Waals surface area contributed by atoms with Crippen molar-refractivity contribution >= 4 is 17.3 Å². The van der Waals surface area contributed by atoms with E-state index < -0.39 is 0 Å². The number of benzene rings is 1. The van der Waals surface area contributed by atoms with Crippen LogP contribution in [0.5, 0.6) is 0 Å². The standard InChI is InChI=1S/C24H34N6O/c1-18(2)21-17-22(28-27-21)24(31)26-20-5-3-4-6-23(20)30-15-13-29(14-16-30)12-9-19-7-10-25-11-8-19/h3-8,10-11,18,21-22,27-28H,9,12-17H2,1-2H3,(H,26,31). The van der Waals surface area contributed by atoms with Gasteiger partial charge in [-0.3, -0.25) is 20.1 Å². The van der Waals surface area contributed by atoms with E-state index in [2.05, 4.69) is 63.0 Å². The van der Waals surface area contributed by atoms with Crippen molar-refractivity contribution in [1.82, 2.24) is 20.7 Å². The number of piperazine rings is 1. The molecule has 1 amide bonds. The minimum Gasteiger partial charge on any atom is -0.367 e. The normalized spacial score (nSPS) is 22.1. The zero-order valence-corrected chi connectivity index (χ0v) is 18.6. The van der Waals surface area contributed by atoms with E-state index in [1.165, 1.54) is 5.56 Å². The van der Waals surface area contributed by atoms with Crippen molar-refractivity contribution in [2.45, 2.75) is 38.8 Å². The van der Waals surface area contributed by atoms with E-state index >= 15 is 0 Å². The van der Waals surface area contributed by atoms with Crippen LogP contribution in [0.4, 0.5) is 11.4 Å². The van der Waals surface area contributed by atoms with Crippen molar-refractivity contribution in [2.75, 3.05) is 42.9 Å². The second kappa shape index (κ2) is 10.2. The predicted molar refractivity (Wildman–Crippen MR) is 125 cm³/mol. The number of carbonyl (C=O) groups excluding carboxylic acids is 1. The van der Waals surface area contributed by atoms with E-state index in [0.29, 0.717) is 12.0 Å². The number of nitrogens with one attached hydrogen (secondary N) is 3. The third-order valence-corrected chi connectivity index (χ3v) is 6.39. The summed E-state index contributed by atoms with van der Waals surface area (Å²) in [4.78, 5) is 21.8. The molecule has 7 nitrogen and oxygen atoms in total. The van der Waals surface area contributed by atoms with Crippen LogP contribution in [-0.2, 0) is 11.2 Å². The van der Waals surface area contributed by atoms with Gasteiger partial charge in [0, 0.05) is 51.2 Å². The van der Waals surface area contributed by atoms with E-state index in [-0.39, 0.29) is 11.9 Å². The Labute approximate surface area is 185 Å². The highest BCUT2D eigenvalue weighted by atomic mass is 16.2. The third kappa shape index (κ3) is 5.61. The summed E-state index contributed by atoms with van der Waals surface area (Å²) in [5.41, 5.74) is 9.74. The van der Waals surface area contributed by atoms with Gasteiger partial charge in [-0.15, -0.1) is 0 Å². The van der Waals surface area contributed by atoms with Crippen LogP contribution in [0, 0.1) is 5.92 Å². The maximum atomic E-state index is 12.8. The predicted octanol–water partition coefficient (Wildman–Crippen LogP) is 2.28. The molecule has 0 radical (unpaired) electrons. The second-order valence-corrected chi connectivity index (χ2v) is 8.87. The Balaban J connectivity index is 1.31. The van der Waals surface area contributed by atoms with Gasteiger partial charge >= 0.3 is 0 Å². The molecule has 2 aromatic rings. The second-order valence-electron chi connectivity index (χ2n) is 8.87. The molecule has 1 aromatic carbocycles. The van der Waals surface area contributed by atoms with Gasteiger partial charge < -0.3 is 10.2 Å². The van der Waals surface area contributed by atoms with Crippen LogP contribution in [0.2, 0.25) is 0 Å². The van der Waals surface area contributed by atoms with E-state index in [9.17, 15) is 4.79 Å². The molecule has 2 aliphatic heterocycles. The molecule has 0 aliphatic carbocycles. The summed E-state index contributed by atoms with van der Waals surface area (Å²) in [6, 6.07) is 12.5. The summed E-state index contributed by atoms with van der Waals surface area (Å²) in [7, 11) is 0. The monoisotopic (exact) mass is 422 g/mol. The fraction of sp³-hybridized carbons (Fsp3) is 0.500. The summed E-state index contributed by atoms with van der Waals surface area (Å²) in [5.74, 6) is 0.520. The number of aromatic nitrogens is 1. The van der Waals surface area contributed by atoms with Gasteiger partial charge in [-0.25, -0.2) is 5.43 Å². The number of nitrogens with zero attached hydrogens (tertiary/aromatic N) is 3. The van der Waals surface area contributed by atoms with Gasteiger partial charge in [-0.2, -0.15) is 0 Å². The zero-order chi connectivity index (χ0) is 21.6. The molecule has 2 saturated heterocycles. The Bertz CT molecular complexity index is 850. The zero-order valence-electron chi connectivity index (χ0n) is 18.6. The van der Waals surface area contributed by atoms with E-state index in [1.807, 2.05) is 30.6 Å². The average molecular weight is 423 g/mol. The molecule has 2 aliphatic rings. The first-order valence-corrected chi connectivity index (χ1v) is 11.4. The van der Waals surface area contributed by atoms with Crippen molar-refractivity contribution in [3.8, 4) is 0 Å². The summed E-state index contributed by atoms with van der Waals surface area (Å²) in [6.45, 7) is 9.38. The van der Waals surface area contributed by atoms with Crippen LogP contribution in [-0.4, -0.2) is 60.6 Å². The van der Waals surface area contributed by atoms with Crippen molar-refractivity contribution < 1.29 is 4.79 Å². The molecular formula is C24H34N6O. The largest absolute Gasteiger partial charge is 0.367 e. The topological polar surface area (TPSA) is 72.5 Å². The van der Waals surface area contributed by atoms with Gasteiger partial charge in [0.2, 0.25) is 5.91 Å². The molecule has 2 fully saturated rings. The molecular weight excluding hydrogens is 388 g/mol. The number of hydrogen-bond donors (Lipinski definition) is 3. The van der Waals surface area contributed by atoms with Crippen molar-refractivity contribution in [3.63, 3.8) is 0 Å². The molecule has 2 atom stereocenters. The van der Waals surface area contributed by atoms with Crippen molar-refractivity contribution in [2.24, 2.45) is 5.92 Å². The SMILES string of the molecule is CC(C)C1CC(C(=O)Nc2ccccc2N2CCN(CCc3ccncc3)CC2)NN1. The van der Waals surface area contributed by atoms with Crippen LogP contribution in [0.15, 0.2) is 48.8 Å². The first-order valence-electron chi connectivity index (χ1n) is 11.4. The highest BCUT2D eigenvalue weighted by Crippen LogP contribution is 2.27. The Hall–Kier alpha value is -2.48. The van der Waals surface area contributed by atoms with Crippen LogP contribution in [0.25, 0.3) is 0 Å². The molecule has 0 bridgehead atoms. The first-order chi connectivity index (χ1) is 15.1. The Morgan fingerprint density at radius 1 is 1.10 bits per heavy atom. The number of pyridine rings is 1. The summed E-state index contributed by atoms with van der Waals surface area (Å²) in [5, 5.41) is 3.16. The first kappa shape index (κ1) is 21.7. The van der Waals surface area contributed by atoms with Gasteiger partial charge in [0.05, 0.1) is 11.4 Å². The third-order valence-electron chi connectivity index (χ3n) is 6.39. The van der Waals surface area contributed by atoms with Crippen molar-refractivity contribution in [3.05, 3.63) is 54.4 Å². The van der Waals surface area contributed by atoms with E-state index in [0.717, 1.165) is 56.9 Å². The number of carbonyl (C=O) groups is 1. The van der Waals surface area contributed by atoms with E-state index in [1.54, 1.807) is 0 Å². The Morgan fingerprint density at radius 2 is 1.84 bits per heavy atom. The minimum atomic E-state index is -0.203. The molecule has 166 valence electrons. The van der Waals surface area contributed by atoms with Crippen LogP contribution in [0.1, 0.15) is 25.8 Å². The summed E-state index contributed by atoms with van der Waals surface area (Å²) < 4.78 is 0. The van der Waals surface area contributed by atoms with Crippen molar-refractivity contribution in [1.29, 1.82) is 0 Å². The van der Waals surface area contributed by atoms with Gasteiger partial charge in [-0.1, -0.05) is 26.0 Å². The maximum Gasteiger partial charge on any atom is 0.242 e. The molecule has 3 N–H and O–H groups in total. The number of anilines is 2. The van der Waals surface area contributed by atoms with Gasteiger partial charge in [-0.05, 0) is 48.6 Å². The molecule has 0 saturated carbocycles. The number of rotatable bonds is 7.